The van der Waals surface area contributed by atoms with Crippen LogP contribution in [0.3, 0.4) is 0 Å². The van der Waals surface area contributed by atoms with E-state index in [1.165, 1.54) is 0 Å². The molecular formula is C15H15NO. The molecule has 0 fully saturated rings. The molecule has 0 unspecified atom stereocenters. The second-order valence-corrected chi connectivity index (χ2v) is 4.00. The molecule has 0 amide bonds. The Morgan fingerprint density at radius 2 is 1.29 bits per heavy atom. The van der Waals surface area contributed by atoms with Crippen LogP contribution in [0.4, 0.5) is 0 Å². The summed E-state index contributed by atoms with van der Waals surface area (Å²) in [6, 6.07) is 20.1. The van der Waals surface area contributed by atoms with Crippen LogP contribution in [0.5, 0.6) is 0 Å². The average Bonchev–Trinajstić information content (AvgIpc) is 2.41. The Morgan fingerprint density at radius 1 is 0.882 bits per heavy atom. The standard InChI is InChI=1S/C15H15NO/c1-12(16-17)15(13-8-4-2-5-9-13)14-10-6-3-7-11-14/h2-11,15,17H,1H3/b16-12+. The van der Waals surface area contributed by atoms with Crippen LogP contribution in [0.25, 0.3) is 0 Å². The summed E-state index contributed by atoms with van der Waals surface area (Å²) in [4.78, 5) is 0. The first-order valence-corrected chi connectivity index (χ1v) is 5.61. The minimum atomic E-state index is 0.0161. The molecule has 0 spiro atoms. The number of nitrogens with zero attached hydrogens (tertiary/aromatic N) is 1. The third kappa shape index (κ3) is 2.53. The van der Waals surface area contributed by atoms with Crippen molar-refractivity contribution in [3.8, 4) is 0 Å². The molecule has 0 aliphatic carbocycles. The topological polar surface area (TPSA) is 32.6 Å². The fourth-order valence-corrected chi connectivity index (χ4v) is 2.02. The van der Waals surface area contributed by atoms with E-state index in [2.05, 4.69) is 5.16 Å². The molecule has 0 saturated heterocycles. The summed E-state index contributed by atoms with van der Waals surface area (Å²) in [6.07, 6.45) is 0. The van der Waals surface area contributed by atoms with Crippen molar-refractivity contribution in [3.05, 3.63) is 71.8 Å². The molecule has 0 atom stereocenters. The van der Waals surface area contributed by atoms with Crippen molar-refractivity contribution in [3.63, 3.8) is 0 Å². The maximum atomic E-state index is 9.02. The summed E-state index contributed by atoms with van der Waals surface area (Å²) in [5, 5.41) is 12.4. The van der Waals surface area contributed by atoms with Crippen LogP contribution in [-0.2, 0) is 0 Å². The second kappa shape index (κ2) is 5.30. The first-order valence-electron chi connectivity index (χ1n) is 5.61. The van der Waals surface area contributed by atoms with Gasteiger partial charge in [0.05, 0.1) is 11.6 Å². The molecule has 0 heterocycles. The van der Waals surface area contributed by atoms with Gasteiger partial charge in [0.1, 0.15) is 0 Å². The van der Waals surface area contributed by atoms with E-state index < -0.39 is 0 Å². The third-order valence-corrected chi connectivity index (χ3v) is 2.84. The van der Waals surface area contributed by atoms with Gasteiger partial charge in [-0.1, -0.05) is 65.8 Å². The Kier molecular flexibility index (Phi) is 3.55. The van der Waals surface area contributed by atoms with Crippen LogP contribution >= 0.6 is 0 Å². The van der Waals surface area contributed by atoms with Gasteiger partial charge in [0.15, 0.2) is 0 Å². The summed E-state index contributed by atoms with van der Waals surface area (Å²) < 4.78 is 0. The van der Waals surface area contributed by atoms with E-state index in [-0.39, 0.29) is 5.92 Å². The smallest absolute Gasteiger partial charge is 0.0658 e. The molecule has 2 rings (SSSR count). The number of hydrogen-bond donors (Lipinski definition) is 1. The van der Waals surface area contributed by atoms with Gasteiger partial charge < -0.3 is 5.21 Å². The highest BCUT2D eigenvalue weighted by atomic mass is 16.4. The fraction of sp³-hybridized carbons (Fsp3) is 0.133. The van der Waals surface area contributed by atoms with Crippen molar-refractivity contribution < 1.29 is 5.21 Å². The minimum Gasteiger partial charge on any atom is -0.411 e. The molecule has 1 N–H and O–H groups in total. The predicted molar refractivity (Wildman–Crippen MR) is 69.6 cm³/mol. The number of rotatable bonds is 3. The van der Waals surface area contributed by atoms with Crippen molar-refractivity contribution in [2.75, 3.05) is 0 Å². The Bertz CT molecular complexity index is 451. The lowest BCUT2D eigenvalue weighted by Gasteiger charge is -2.16. The van der Waals surface area contributed by atoms with Gasteiger partial charge in [-0.2, -0.15) is 0 Å². The molecule has 2 nitrogen and oxygen atoms in total. The highest BCUT2D eigenvalue weighted by Crippen LogP contribution is 2.25. The molecule has 17 heavy (non-hydrogen) atoms. The summed E-state index contributed by atoms with van der Waals surface area (Å²) in [5.41, 5.74) is 2.96. The molecule has 86 valence electrons. The Labute approximate surface area is 101 Å². The number of oxime groups is 1. The normalized spacial score (nSPS) is 11.8. The van der Waals surface area contributed by atoms with E-state index in [1.807, 2.05) is 67.6 Å². The van der Waals surface area contributed by atoms with E-state index in [0.29, 0.717) is 5.71 Å². The average molecular weight is 225 g/mol. The predicted octanol–water partition coefficient (Wildman–Crippen LogP) is 3.67. The zero-order valence-electron chi connectivity index (χ0n) is 9.75. The summed E-state index contributed by atoms with van der Waals surface area (Å²) in [7, 11) is 0. The van der Waals surface area contributed by atoms with E-state index >= 15 is 0 Å². The molecule has 0 aliphatic rings. The monoisotopic (exact) mass is 225 g/mol. The van der Waals surface area contributed by atoms with Gasteiger partial charge in [0.2, 0.25) is 0 Å². The number of hydrogen-bond acceptors (Lipinski definition) is 2. The molecule has 2 aromatic carbocycles. The molecule has 0 radical (unpaired) electrons. The molecule has 0 saturated carbocycles. The maximum Gasteiger partial charge on any atom is 0.0658 e. The lowest BCUT2D eigenvalue weighted by Crippen LogP contribution is -2.10. The van der Waals surface area contributed by atoms with E-state index in [0.717, 1.165) is 11.1 Å². The quantitative estimate of drug-likeness (QED) is 0.482. The van der Waals surface area contributed by atoms with Gasteiger partial charge in [-0.25, -0.2) is 0 Å². The van der Waals surface area contributed by atoms with E-state index in [1.54, 1.807) is 0 Å². The Morgan fingerprint density at radius 3 is 1.65 bits per heavy atom. The summed E-state index contributed by atoms with van der Waals surface area (Å²) >= 11 is 0. The second-order valence-electron chi connectivity index (χ2n) is 4.00. The third-order valence-electron chi connectivity index (χ3n) is 2.84. The van der Waals surface area contributed by atoms with Crippen LogP contribution in [0, 0.1) is 0 Å². The molecular weight excluding hydrogens is 210 g/mol. The van der Waals surface area contributed by atoms with Crippen molar-refractivity contribution in [1.82, 2.24) is 0 Å². The summed E-state index contributed by atoms with van der Waals surface area (Å²) in [5.74, 6) is 0.0161. The highest BCUT2D eigenvalue weighted by molar-refractivity contribution is 5.91. The van der Waals surface area contributed by atoms with Gasteiger partial charge in [0.25, 0.3) is 0 Å². The van der Waals surface area contributed by atoms with Gasteiger partial charge in [0, 0.05) is 0 Å². The van der Waals surface area contributed by atoms with Gasteiger partial charge in [-0.15, -0.1) is 0 Å². The van der Waals surface area contributed by atoms with Crippen molar-refractivity contribution >= 4 is 5.71 Å². The minimum absolute atomic E-state index is 0.0161. The lowest BCUT2D eigenvalue weighted by atomic mass is 9.88. The molecule has 2 heteroatoms. The first kappa shape index (κ1) is 11.4. The maximum absolute atomic E-state index is 9.02. The van der Waals surface area contributed by atoms with Crippen molar-refractivity contribution in [2.45, 2.75) is 12.8 Å². The van der Waals surface area contributed by atoms with E-state index in [4.69, 9.17) is 5.21 Å². The highest BCUT2D eigenvalue weighted by Gasteiger charge is 2.17. The van der Waals surface area contributed by atoms with Crippen LogP contribution in [0.2, 0.25) is 0 Å². The zero-order chi connectivity index (χ0) is 12.1. The Balaban J connectivity index is 2.47. The summed E-state index contributed by atoms with van der Waals surface area (Å²) in [6.45, 7) is 1.84. The van der Waals surface area contributed by atoms with Gasteiger partial charge >= 0.3 is 0 Å². The SMILES string of the molecule is C/C(=N\O)C(c1ccccc1)c1ccccc1. The van der Waals surface area contributed by atoms with Crippen LogP contribution in [0.15, 0.2) is 65.8 Å². The van der Waals surface area contributed by atoms with Crippen LogP contribution < -0.4 is 0 Å². The number of benzene rings is 2. The van der Waals surface area contributed by atoms with Crippen LogP contribution in [-0.4, -0.2) is 10.9 Å². The molecule has 0 aromatic heterocycles. The zero-order valence-corrected chi connectivity index (χ0v) is 9.75. The lowest BCUT2D eigenvalue weighted by molar-refractivity contribution is 0.317. The van der Waals surface area contributed by atoms with Crippen molar-refractivity contribution in [2.24, 2.45) is 5.16 Å². The first-order chi connectivity index (χ1) is 8.33. The van der Waals surface area contributed by atoms with E-state index in [9.17, 15) is 0 Å². The molecule has 0 aliphatic heterocycles. The largest absolute Gasteiger partial charge is 0.411 e. The van der Waals surface area contributed by atoms with Gasteiger partial charge in [-0.3, -0.25) is 0 Å². The molecule has 2 aromatic rings. The van der Waals surface area contributed by atoms with Crippen molar-refractivity contribution in [1.29, 1.82) is 0 Å². The Hall–Kier alpha value is -2.09. The van der Waals surface area contributed by atoms with Crippen LogP contribution in [0.1, 0.15) is 24.0 Å². The fourth-order valence-electron chi connectivity index (χ4n) is 2.02. The van der Waals surface area contributed by atoms with Gasteiger partial charge in [-0.05, 0) is 18.1 Å². The molecule has 0 bridgehead atoms.